The van der Waals surface area contributed by atoms with Gasteiger partial charge in [0.25, 0.3) is 15.9 Å². The number of benzene rings is 2. The molecule has 0 saturated heterocycles. The molecule has 1 heterocycles. The van der Waals surface area contributed by atoms with Gasteiger partial charge in [-0.1, -0.05) is 29.8 Å². The Bertz CT molecular complexity index is 1010. The summed E-state index contributed by atoms with van der Waals surface area (Å²) >= 11 is 5.91. The van der Waals surface area contributed by atoms with Crippen LogP contribution in [0.2, 0.25) is 5.02 Å². The fraction of sp³-hybridized carbons (Fsp3) is 0.278. The average Bonchev–Trinajstić information content (AvgIpc) is 2.65. The van der Waals surface area contributed by atoms with Crippen LogP contribution < -0.4 is 9.62 Å². The number of para-hydroxylation sites is 1. The van der Waals surface area contributed by atoms with Gasteiger partial charge in [0.2, 0.25) is 0 Å². The van der Waals surface area contributed by atoms with Crippen molar-refractivity contribution in [2.24, 2.45) is 0 Å². The van der Waals surface area contributed by atoms with E-state index in [1.807, 2.05) is 12.1 Å². The quantitative estimate of drug-likeness (QED) is 0.799. The third kappa shape index (κ3) is 4.25. The summed E-state index contributed by atoms with van der Waals surface area (Å²) in [4.78, 5) is 11.8. The van der Waals surface area contributed by atoms with Crippen molar-refractivity contribution in [1.82, 2.24) is 5.32 Å². The van der Waals surface area contributed by atoms with Gasteiger partial charge in [0.1, 0.15) is 6.54 Å². The van der Waals surface area contributed by atoms with Gasteiger partial charge in [-0.05, 0) is 42.7 Å². The summed E-state index contributed by atoms with van der Waals surface area (Å²) in [6.07, 6.45) is -3.22. The van der Waals surface area contributed by atoms with Crippen LogP contribution in [0, 0.1) is 0 Å². The Labute approximate surface area is 165 Å². The number of fused-ring (bicyclic) bond motifs is 1. The molecule has 2 aromatic carbocycles. The number of hydrogen-bond acceptors (Lipinski definition) is 3. The van der Waals surface area contributed by atoms with Gasteiger partial charge in [-0.3, -0.25) is 9.10 Å². The van der Waals surface area contributed by atoms with E-state index in [0.29, 0.717) is 12.1 Å². The monoisotopic (exact) mass is 432 g/mol. The molecule has 0 fully saturated rings. The number of amides is 1. The van der Waals surface area contributed by atoms with E-state index < -0.39 is 28.7 Å². The number of hydrogen-bond donors (Lipinski definition) is 1. The van der Waals surface area contributed by atoms with Crippen molar-refractivity contribution in [2.45, 2.75) is 23.9 Å². The highest BCUT2D eigenvalue weighted by molar-refractivity contribution is 7.92. The zero-order valence-corrected chi connectivity index (χ0v) is 16.0. The molecule has 3 rings (SSSR count). The van der Waals surface area contributed by atoms with Crippen LogP contribution in [0.3, 0.4) is 0 Å². The summed E-state index contributed by atoms with van der Waals surface area (Å²) in [5.41, 5.74) is 1.10. The molecule has 28 heavy (non-hydrogen) atoms. The maximum Gasteiger partial charge on any atom is 0.405 e. The van der Waals surface area contributed by atoms with Gasteiger partial charge in [-0.15, -0.1) is 0 Å². The van der Waals surface area contributed by atoms with Crippen LogP contribution in [-0.4, -0.2) is 33.6 Å². The molecule has 0 atom stereocenters. The standard InChI is InChI=1S/C18H16ClF3N2O3S/c19-15-8-7-13(10-14(15)17(25)23-11-18(20,21)22)28(26,27)24-9-3-5-12-4-1-2-6-16(12)24/h1-2,4,6-8,10H,3,5,9,11H2,(H,23,25). The summed E-state index contributed by atoms with van der Waals surface area (Å²) in [6.45, 7) is -1.28. The highest BCUT2D eigenvalue weighted by Gasteiger charge is 2.31. The number of aryl methyl sites for hydroxylation is 1. The molecule has 0 spiro atoms. The lowest BCUT2D eigenvalue weighted by atomic mass is 10.0. The Balaban J connectivity index is 1.95. The molecule has 0 bridgehead atoms. The zero-order valence-electron chi connectivity index (χ0n) is 14.5. The number of carbonyl (C=O) groups excluding carboxylic acids is 1. The summed E-state index contributed by atoms with van der Waals surface area (Å²) in [6, 6.07) is 10.5. The molecule has 0 aromatic heterocycles. The summed E-state index contributed by atoms with van der Waals surface area (Å²) < 4.78 is 64.5. The molecule has 0 saturated carbocycles. The van der Waals surface area contributed by atoms with Crippen molar-refractivity contribution < 1.29 is 26.4 Å². The minimum atomic E-state index is -4.59. The third-order valence-corrected chi connectivity index (χ3v) is 6.43. The molecule has 1 aliphatic heterocycles. The number of nitrogens with one attached hydrogen (secondary N) is 1. The van der Waals surface area contributed by atoms with E-state index in [9.17, 15) is 26.4 Å². The second-order valence-electron chi connectivity index (χ2n) is 6.25. The first-order valence-corrected chi connectivity index (χ1v) is 10.2. The molecule has 1 aliphatic rings. The van der Waals surface area contributed by atoms with E-state index in [-0.39, 0.29) is 22.0 Å². The van der Waals surface area contributed by atoms with Crippen LogP contribution >= 0.6 is 11.6 Å². The van der Waals surface area contributed by atoms with E-state index in [1.54, 1.807) is 17.4 Å². The fourth-order valence-electron chi connectivity index (χ4n) is 2.99. The molecule has 2 aromatic rings. The molecule has 5 nitrogen and oxygen atoms in total. The van der Waals surface area contributed by atoms with E-state index in [4.69, 9.17) is 11.6 Å². The Kier molecular flexibility index (Phi) is 5.58. The van der Waals surface area contributed by atoms with Gasteiger partial charge >= 0.3 is 6.18 Å². The summed E-state index contributed by atoms with van der Waals surface area (Å²) in [5.74, 6) is -1.10. The van der Waals surface area contributed by atoms with E-state index >= 15 is 0 Å². The van der Waals surface area contributed by atoms with Crippen molar-refractivity contribution in [3.05, 3.63) is 58.6 Å². The topological polar surface area (TPSA) is 66.5 Å². The molecule has 0 aliphatic carbocycles. The van der Waals surface area contributed by atoms with E-state index in [2.05, 4.69) is 0 Å². The first-order chi connectivity index (χ1) is 13.1. The van der Waals surface area contributed by atoms with Crippen LogP contribution in [0.15, 0.2) is 47.4 Å². The fourth-order valence-corrected chi connectivity index (χ4v) is 4.76. The van der Waals surface area contributed by atoms with Crippen molar-refractivity contribution in [3.63, 3.8) is 0 Å². The van der Waals surface area contributed by atoms with Crippen LogP contribution in [0.4, 0.5) is 18.9 Å². The second-order valence-corrected chi connectivity index (χ2v) is 8.52. The van der Waals surface area contributed by atoms with Crippen molar-refractivity contribution >= 4 is 33.2 Å². The third-order valence-electron chi connectivity index (χ3n) is 4.29. The van der Waals surface area contributed by atoms with Gasteiger partial charge in [-0.2, -0.15) is 13.2 Å². The number of carbonyl (C=O) groups is 1. The number of sulfonamides is 1. The average molecular weight is 433 g/mol. The summed E-state index contributed by atoms with van der Waals surface area (Å²) in [7, 11) is -4.02. The molecule has 1 N–H and O–H groups in total. The summed E-state index contributed by atoms with van der Waals surface area (Å²) in [5, 5.41) is 1.56. The predicted molar refractivity (Wildman–Crippen MR) is 99.1 cm³/mol. The highest BCUT2D eigenvalue weighted by Crippen LogP contribution is 2.32. The predicted octanol–water partition coefficient (Wildman–Crippen LogP) is 3.77. The van der Waals surface area contributed by atoms with Crippen molar-refractivity contribution in [1.29, 1.82) is 0 Å². The Morgan fingerprint density at radius 2 is 1.89 bits per heavy atom. The van der Waals surface area contributed by atoms with Crippen molar-refractivity contribution in [2.75, 3.05) is 17.4 Å². The minimum absolute atomic E-state index is 0.141. The lowest BCUT2D eigenvalue weighted by Crippen LogP contribution is -2.36. The molecule has 1 amide bonds. The number of halogens is 4. The maximum atomic E-state index is 13.1. The molecule has 0 radical (unpaired) electrons. The molecular weight excluding hydrogens is 417 g/mol. The van der Waals surface area contributed by atoms with Gasteiger partial charge < -0.3 is 5.32 Å². The Hall–Kier alpha value is -2.26. The smallest absolute Gasteiger partial charge is 0.343 e. The zero-order chi connectivity index (χ0) is 20.5. The number of rotatable bonds is 4. The Morgan fingerprint density at radius 3 is 2.61 bits per heavy atom. The number of nitrogens with zero attached hydrogens (tertiary/aromatic N) is 1. The molecular formula is C18H16ClF3N2O3S. The second kappa shape index (κ2) is 7.63. The molecule has 150 valence electrons. The molecule has 0 unspecified atom stereocenters. The lowest BCUT2D eigenvalue weighted by Gasteiger charge is -2.30. The lowest BCUT2D eigenvalue weighted by molar-refractivity contribution is -0.123. The van der Waals surface area contributed by atoms with Gasteiger partial charge in [0, 0.05) is 6.54 Å². The largest absolute Gasteiger partial charge is 0.405 e. The number of alkyl halides is 3. The van der Waals surface area contributed by atoms with E-state index in [1.165, 1.54) is 16.4 Å². The molecule has 10 heteroatoms. The maximum absolute atomic E-state index is 13.1. The van der Waals surface area contributed by atoms with Crippen LogP contribution in [0.1, 0.15) is 22.3 Å². The van der Waals surface area contributed by atoms with Gasteiger partial charge in [0.05, 0.1) is 21.2 Å². The van der Waals surface area contributed by atoms with Crippen LogP contribution in [0.5, 0.6) is 0 Å². The first-order valence-electron chi connectivity index (χ1n) is 8.35. The minimum Gasteiger partial charge on any atom is -0.343 e. The van der Waals surface area contributed by atoms with Crippen LogP contribution in [0.25, 0.3) is 0 Å². The highest BCUT2D eigenvalue weighted by atomic mass is 35.5. The Morgan fingerprint density at radius 1 is 1.18 bits per heavy atom. The SMILES string of the molecule is O=C(NCC(F)(F)F)c1cc(S(=O)(=O)N2CCCc3ccccc32)ccc1Cl. The normalized spacial score (nSPS) is 14.5. The van der Waals surface area contributed by atoms with Gasteiger partial charge in [-0.25, -0.2) is 8.42 Å². The van der Waals surface area contributed by atoms with Crippen LogP contribution in [-0.2, 0) is 16.4 Å². The number of anilines is 1. The first kappa shape index (κ1) is 20.5. The van der Waals surface area contributed by atoms with Gasteiger partial charge in [0.15, 0.2) is 0 Å². The van der Waals surface area contributed by atoms with Crippen molar-refractivity contribution in [3.8, 4) is 0 Å². The van der Waals surface area contributed by atoms with E-state index in [0.717, 1.165) is 18.1 Å².